The van der Waals surface area contributed by atoms with Crippen LogP contribution in [-0.4, -0.2) is 0 Å². The van der Waals surface area contributed by atoms with Gasteiger partial charge in [0.1, 0.15) is 11.5 Å². The summed E-state index contributed by atoms with van der Waals surface area (Å²) in [5.41, 5.74) is 17.5. The van der Waals surface area contributed by atoms with Gasteiger partial charge in [-0.3, -0.25) is 0 Å². The molecule has 0 bridgehead atoms. The van der Waals surface area contributed by atoms with Crippen LogP contribution in [0.2, 0.25) is 0 Å². The average molecular weight is 765 g/mol. The van der Waals surface area contributed by atoms with Gasteiger partial charge in [0.15, 0.2) is 0 Å². The van der Waals surface area contributed by atoms with Gasteiger partial charge in [-0.1, -0.05) is 164 Å². The second-order valence-electron chi connectivity index (χ2n) is 16.2. The standard InChI is InChI=1S/C57H32OS/c1-2-12-37-33(11-1)24-28-49-54(37)45-15-4-7-21-48(45)57(49)47-20-6-3-13-39(47)40-26-23-35(32-50(40)57)36-27-30-52-55-42(36)17-10-18-43(55)46-31-34(25-29-51(46)58-52)38-16-9-19-44-41-14-5-8-22-53(41)59-56(38)44/h1-32H. The molecule has 2 heteroatoms. The summed E-state index contributed by atoms with van der Waals surface area (Å²) in [5, 5.41) is 7.57. The lowest BCUT2D eigenvalue weighted by molar-refractivity contribution is 0.487. The van der Waals surface area contributed by atoms with Crippen molar-refractivity contribution >= 4 is 53.1 Å². The van der Waals surface area contributed by atoms with E-state index in [2.05, 4.69) is 194 Å². The predicted octanol–water partition coefficient (Wildman–Crippen LogP) is 15.8. The zero-order valence-electron chi connectivity index (χ0n) is 31.8. The largest absolute Gasteiger partial charge is 0.456 e. The summed E-state index contributed by atoms with van der Waals surface area (Å²) >= 11 is 1.88. The molecule has 11 aromatic rings. The van der Waals surface area contributed by atoms with E-state index in [-0.39, 0.29) is 0 Å². The van der Waals surface area contributed by atoms with Crippen molar-refractivity contribution in [1.82, 2.24) is 0 Å². The summed E-state index contributed by atoms with van der Waals surface area (Å²) in [6, 6.07) is 72.4. The van der Waals surface area contributed by atoms with Gasteiger partial charge in [-0.25, -0.2) is 0 Å². The molecule has 14 rings (SSSR count). The molecule has 2 heterocycles. The summed E-state index contributed by atoms with van der Waals surface area (Å²) in [6.45, 7) is 0. The van der Waals surface area contributed by atoms with Crippen LogP contribution in [0.1, 0.15) is 22.3 Å². The van der Waals surface area contributed by atoms with E-state index in [4.69, 9.17) is 4.74 Å². The molecule has 59 heavy (non-hydrogen) atoms. The van der Waals surface area contributed by atoms with Crippen molar-refractivity contribution in [2.75, 3.05) is 0 Å². The van der Waals surface area contributed by atoms with E-state index in [1.165, 1.54) is 109 Å². The van der Waals surface area contributed by atoms with Gasteiger partial charge in [0, 0.05) is 31.1 Å². The normalized spacial score (nSPS) is 15.3. The second-order valence-corrected chi connectivity index (χ2v) is 17.3. The Morgan fingerprint density at radius 1 is 0.356 bits per heavy atom. The fraction of sp³-hybridized carbons (Fsp3) is 0.0175. The Balaban J connectivity index is 0.973. The molecule has 1 unspecified atom stereocenters. The molecule has 10 aromatic carbocycles. The number of hydrogen-bond acceptors (Lipinski definition) is 2. The molecule has 1 nitrogen and oxygen atoms in total. The second kappa shape index (κ2) is 11.4. The molecule has 3 aliphatic rings. The molecule has 1 atom stereocenters. The van der Waals surface area contributed by atoms with Crippen molar-refractivity contribution in [3.63, 3.8) is 0 Å². The lowest BCUT2D eigenvalue weighted by Gasteiger charge is -2.31. The fourth-order valence-electron chi connectivity index (χ4n) is 11.1. The Labute approximate surface area is 345 Å². The van der Waals surface area contributed by atoms with E-state index >= 15 is 0 Å². The molecular weight excluding hydrogens is 733 g/mol. The van der Waals surface area contributed by atoms with Gasteiger partial charge in [0.2, 0.25) is 0 Å². The monoisotopic (exact) mass is 764 g/mol. The fourth-order valence-corrected chi connectivity index (χ4v) is 12.3. The predicted molar refractivity (Wildman–Crippen MR) is 247 cm³/mol. The molecule has 0 amide bonds. The Morgan fingerprint density at radius 2 is 1.00 bits per heavy atom. The first-order chi connectivity index (χ1) is 29.3. The van der Waals surface area contributed by atoms with Crippen LogP contribution < -0.4 is 4.74 Å². The highest BCUT2D eigenvalue weighted by atomic mass is 32.1. The summed E-state index contributed by atoms with van der Waals surface area (Å²) in [7, 11) is 0. The maximum absolute atomic E-state index is 6.78. The third-order valence-electron chi connectivity index (χ3n) is 13.5. The van der Waals surface area contributed by atoms with Crippen LogP contribution in [0, 0.1) is 0 Å². The SMILES string of the molecule is c1ccc2c(c1)-c1ccc(-c3ccc4c5c(cccc35)-c3cc(-c5cccc6c5sc5ccccc56)ccc3O4)cc1C21c2ccccc2-c2c1ccc1ccccc21. The van der Waals surface area contributed by atoms with Gasteiger partial charge in [-0.05, 0) is 119 Å². The van der Waals surface area contributed by atoms with Gasteiger partial charge >= 0.3 is 0 Å². The van der Waals surface area contributed by atoms with Crippen LogP contribution in [0.15, 0.2) is 194 Å². The molecule has 1 aromatic heterocycles. The molecule has 0 fully saturated rings. The van der Waals surface area contributed by atoms with E-state index in [1.807, 2.05) is 11.3 Å². The smallest absolute Gasteiger partial charge is 0.135 e. The zero-order valence-corrected chi connectivity index (χ0v) is 32.6. The van der Waals surface area contributed by atoms with Crippen LogP contribution in [0.4, 0.5) is 0 Å². The van der Waals surface area contributed by atoms with Gasteiger partial charge in [0.25, 0.3) is 0 Å². The molecule has 0 N–H and O–H groups in total. The minimum atomic E-state index is -0.431. The quantitative estimate of drug-likeness (QED) is 0.170. The van der Waals surface area contributed by atoms with Gasteiger partial charge in [0.05, 0.1) is 5.41 Å². The van der Waals surface area contributed by atoms with Crippen molar-refractivity contribution < 1.29 is 4.74 Å². The number of ether oxygens (including phenoxy) is 1. The summed E-state index contributed by atoms with van der Waals surface area (Å²) in [4.78, 5) is 0. The zero-order chi connectivity index (χ0) is 38.4. The van der Waals surface area contributed by atoms with E-state index in [9.17, 15) is 0 Å². The third-order valence-corrected chi connectivity index (χ3v) is 14.7. The van der Waals surface area contributed by atoms with Crippen molar-refractivity contribution in [1.29, 1.82) is 0 Å². The van der Waals surface area contributed by atoms with E-state index in [1.54, 1.807) is 0 Å². The molecular formula is C57H32OS. The summed E-state index contributed by atoms with van der Waals surface area (Å²) < 4.78 is 9.42. The first kappa shape index (κ1) is 31.8. The van der Waals surface area contributed by atoms with Crippen LogP contribution in [0.5, 0.6) is 11.5 Å². The Hall–Kier alpha value is -7.26. The van der Waals surface area contributed by atoms with Crippen molar-refractivity contribution in [3.8, 4) is 67.1 Å². The van der Waals surface area contributed by atoms with Crippen LogP contribution in [-0.2, 0) is 5.41 Å². The first-order valence-electron chi connectivity index (χ1n) is 20.4. The summed E-state index contributed by atoms with van der Waals surface area (Å²) in [5.74, 6) is 1.80. The van der Waals surface area contributed by atoms with Crippen molar-refractivity contribution in [3.05, 3.63) is 216 Å². The first-order valence-corrected chi connectivity index (χ1v) is 21.2. The molecule has 272 valence electrons. The highest BCUT2D eigenvalue weighted by molar-refractivity contribution is 7.26. The van der Waals surface area contributed by atoms with Gasteiger partial charge in [-0.2, -0.15) is 0 Å². The number of benzene rings is 10. The van der Waals surface area contributed by atoms with Crippen molar-refractivity contribution in [2.45, 2.75) is 5.41 Å². The minimum Gasteiger partial charge on any atom is -0.456 e. The number of thiophene rings is 1. The van der Waals surface area contributed by atoms with Crippen molar-refractivity contribution in [2.24, 2.45) is 0 Å². The molecule has 0 saturated carbocycles. The van der Waals surface area contributed by atoms with Crippen LogP contribution in [0.25, 0.3) is 97.4 Å². The minimum absolute atomic E-state index is 0.431. The molecule has 2 aliphatic carbocycles. The molecule has 0 saturated heterocycles. The Kier molecular flexibility index (Phi) is 6.16. The van der Waals surface area contributed by atoms with Crippen LogP contribution >= 0.6 is 11.3 Å². The highest BCUT2D eigenvalue weighted by Gasteiger charge is 2.52. The highest BCUT2D eigenvalue weighted by Crippen LogP contribution is 2.64. The Morgan fingerprint density at radius 3 is 1.92 bits per heavy atom. The number of hydrogen-bond donors (Lipinski definition) is 0. The van der Waals surface area contributed by atoms with E-state index in [0.29, 0.717) is 0 Å². The maximum Gasteiger partial charge on any atom is 0.135 e. The van der Waals surface area contributed by atoms with E-state index < -0.39 is 5.41 Å². The lowest BCUT2D eigenvalue weighted by Crippen LogP contribution is -2.25. The Bertz CT molecular complexity index is 3660. The van der Waals surface area contributed by atoms with Crippen LogP contribution in [0.3, 0.4) is 0 Å². The number of fused-ring (bicyclic) bond motifs is 17. The van der Waals surface area contributed by atoms with E-state index in [0.717, 1.165) is 22.4 Å². The average Bonchev–Trinajstić information content (AvgIpc) is 3.93. The maximum atomic E-state index is 6.78. The summed E-state index contributed by atoms with van der Waals surface area (Å²) in [6.07, 6.45) is 0. The topological polar surface area (TPSA) is 9.23 Å². The molecule has 1 aliphatic heterocycles. The van der Waals surface area contributed by atoms with Gasteiger partial charge in [-0.15, -0.1) is 11.3 Å². The van der Waals surface area contributed by atoms with Gasteiger partial charge < -0.3 is 4.74 Å². The molecule has 0 radical (unpaired) electrons. The lowest BCUT2D eigenvalue weighted by atomic mass is 9.70. The molecule has 1 spiro atoms. The number of rotatable bonds is 2. The third kappa shape index (κ3) is 4.04.